The lowest BCUT2D eigenvalue weighted by Gasteiger charge is -2.44. The molecule has 0 bridgehead atoms. The maximum atomic E-state index is 9.92. The van der Waals surface area contributed by atoms with Gasteiger partial charge in [-0.25, -0.2) is 0 Å². The third-order valence-corrected chi connectivity index (χ3v) is 3.94. The monoisotopic (exact) mass is 326 g/mol. The first-order chi connectivity index (χ1) is 10.3. The van der Waals surface area contributed by atoms with Crippen molar-refractivity contribution >= 4 is 0 Å². The highest BCUT2D eigenvalue weighted by Crippen LogP contribution is 2.28. The molecule has 2 saturated heterocycles. The maximum Gasteiger partial charge on any atom is 0.187 e. The van der Waals surface area contributed by atoms with Crippen LogP contribution < -0.4 is 0 Å². The van der Waals surface area contributed by atoms with Crippen molar-refractivity contribution in [3.63, 3.8) is 0 Å². The Hall–Kier alpha value is -0.400. The van der Waals surface area contributed by atoms with Crippen molar-refractivity contribution in [2.24, 2.45) is 0 Å². The number of ether oxygens (including phenoxy) is 3. The Bertz CT molecular complexity index is 366. The molecule has 0 spiro atoms. The highest BCUT2D eigenvalue weighted by Gasteiger charge is 2.49. The molecule has 0 radical (unpaired) electrons. The van der Waals surface area contributed by atoms with Gasteiger partial charge in [-0.2, -0.15) is 0 Å². The summed E-state index contributed by atoms with van der Waals surface area (Å²) < 4.78 is 15.5. The van der Waals surface area contributed by atoms with Crippen LogP contribution >= 0.6 is 0 Å². The standard InChI is InChI=1S/C12H22O10/c1-3-10(7(16)8(17)11(19)20-3)22-12-9(18)6(15)5(14)4(2-13)21-12/h3-19H,2H2,1H3/t3-,4-,5-,6-,7+,8-,9-,10-,11-,12+/m1/s1. The molecule has 0 aromatic rings. The van der Waals surface area contributed by atoms with Gasteiger partial charge in [-0.15, -0.1) is 0 Å². The average Bonchev–Trinajstić information content (AvgIpc) is 2.49. The van der Waals surface area contributed by atoms with Crippen LogP contribution in [0.4, 0.5) is 0 Å². The van der Waals surface area contributed by atoms with Crippen LogP contribution in [0.2, 0.25) is 0 Å². The van der Waals surface area contributed by atoms with Crippen LogP contribution in [0.5, 0.6) is 0 Å². The van der Waals surface area contributed by atoms with Crippen LogP contribution in [0.1, 0.15) is 6.92 Å². The summed E-state index contributed by atoms with van der Waals surface area (Å²) in [5.41, 5.74) is 0. The molecule has 0 aromatic carbocycles. The molecule has 2 fully saturated rings. The second-order valence-corrected chi connectivity index (χ2v) is 5.51. The summed E-state index contributed by atoms with van der Waals surface area (Å²) >= 11 is 0. The van der Waals surface area contributed by atoms with Crippen LogP contribution in [0.15, 0.2) is 0 Å². The summed E-state index contributed by atoms with van der Waals surface area (Å²) in [5.74, 6) is 0. The van der Waals surface area contributed by atoms with Crippen molar-refractivity contribution in [2.45, 2.75) is 68.3 Å². The van der Waals surface area contributed by atoms with Crippen molar-refractivity contribution in [2.75, 3.05) is 6.61 Å². The van der Waals surface area contributed by atoms with Gasteiger partial charge < -0.3 is 50.0 Å². The molecule has 0 saturated carbocycles. The Morgan fingerprint density at radius 1 is 0.818 bits per heavy atom. The SMILES string of the molecule is C[C@H]1O[C@@H](O)[C@H](O)[C@H](O)[C@@H]1O[C@@H]1O[C@H](CO)[C@@H](O)[C@@H](O)[C@H]1O. The Labute approximate surface area is 126 Å². The zero-order valence-corrected chi connectivity index (χ0v) is 11.8. The van der Waals surface area contributed by atoms with Crippen molar-refractivity contribution in [3.8, 4) is 0 Å². The predicted octanol–water partition coefficient (Wildman–Crippen LogP) is -4.37. The summed E-state index contributed by atoms with van der Waals surface area (Å²) in [6.07, 6.45) is -14.2. The zero-order valence-electron chi connectivity index (χ0n) is 11.8. The molecule has 0 aromatic heterocycles. The van der Waals surface area contributed by atoms with E-state index in [1.807, 2.05) is 0 Å². The number of hydrogen-bond acceptors (Lipinski definition) is 10. The van der Waals surface area contributed by atoms with Gasteiger partial charge in [0.25, 0.3) is 0 Å². The highest BCUT2D eigenvalue weighted by atomic mass is 16.7. The molecule has 0 aliphatic carbocycles. The molecule has 10 atom stereocenters. The number of hydrogen-bond donors (Lipinski definition) is 7. The van der Waals surface area contributed by atoms with Crippen LogP contribution in [0, 0.1) is 0 Å². The van der Waals surface area contributed by atoms with E-state index in [1.54, 1.807) is 0 Å². The summed E-state index contributed by atoms with van der Waals surface area (Å²) in [5, 5.41) is 67.2. The molecular weight excluding hydrogens is 304 g/mol. The number of aliphatic hydroxyl groups excluding tert-OH is 7. The van der Waals surface area contributed by atoms with E-state index >= 15 is 0 Å². The normalized spacial score (nSPS) is 53.5. The largest absolute Gasteiger partial charge is 0.394 e. The third-order valence-electron chi connectivity index (χ3n) is 3.94. The fraction of sp³-hybridized carbons (Fsp3) is 1.00. The second kappa shape index (κ2) is 7.01. The van der Waals surface area contributed by atoms with Crippen molar-refractivity contribution in [1.82, 2.24) is 0 Å². The van der Waals surface area contributed by atoms with Gasteiger partial charge in [0.2, 0.25) is 0 Å². The molecule has 0 unspecified atom stereocenters. The van der Waals surface area contributed by atoms with Crippen LogP contribution in [-0.4, -0.2) is 104 Å². The van der Waals surface area contributed by atoms with Gasteiger partial charge in [-0.1, -0.05) is 0 Å². The molecule has 10 nitrogen and oxygen atoms in total. The van der Waals surface area contributed by atoms with Crippen molar-refractivity contribution in [1.29, 1.82) is 0 Å². The van der Waals surface area contributed by atoms with Gasteiger partial charge in [0.05, 0.1) is 12.7 Å². The first kappa shape index (κ1) is 17.9. The fourth-order valence-electron chi connectivity index (χ4n) is 2.54. The van der Waals surface area contributed by atoms with Gasteiger partial charge in [0.15, 0.2) is 12.6 Å². The van der Waals surface area contributed by atoms with E-state index in [0.717, 1.165) is 0 Å². The lowest BCUT2D eigenvalue weighted by Crippen LogP contribution is -2.63. The summed E-state index contributed by atoms with van der Waals surface area (Å²) in [7, 11) is 0. The summed E-state index contributed by atoms with van der Waals surface area (Å²) in [4.78, 5) is 0. The van der Waals surface area contributed by atoms with E-state index in [0.29, 0.717) is 0 Å². The Balaban J connectivity index is 2.08. The minimum Gasteiger partial charge on any atom is -0.394 e. The van der Waals surface area contributed by atoms with Gasteiger partial charge in [-0.3, -0.25) is 0 Å². The zero-order chi connectivity index (χ0) is 16.6. The minimum absolute atomic E-state index is 0.620. The smallest absolute Gasteiger partial charge is 0.187 e. The van der Waals surface area contributed by atoms with Gasteiger partial charge in [0, 0.05) is 0 Å². The molecule has 7 N–H and O–H groups in total. The topological polar surface area (TPSA) is 169 Å². The average molecular weight is 326 g/mol. The number of aliphatic hydroxyl groups is 7. The van der Waals surface area contributed by atoms with Crippen LogP contribution in [-0.2, 0) is 14.2 Å². The van der Waals surface area contributed by atoms with E-state index < -0.39 is 68.0 Å². The summed E-state index contributed by atoms with van der Waals surface area (Å²) in [6.45, 7) is 0.846. The Morgan fingerprint density at radius 3 is 2.05 bits per heavy atom. The van der Waals surface area contributed by atoms with Crippen molar-refractivity contribution < 1.29 is 50.0 Å². The molecular formula is C12H22O10. The van der Waals surface area contributed by atoms with E-state index in [9.17, 15) is 30.6 Å². The molecule has 10 heteroatoms. The molecule has 0 amide bonds. The Kier molecular flexibility index (Phi) is 5.72. The van der Waals surface area contributed by atoms with E-state index in [4.69, 9.17) is 19.3 Å². The molecule has 130 valence electrons. The van der Waals surface area contributed by atoms with Crippen LogP contribution in [0.25, 0.3) is 0 Å². The first-order valence-electron chi connectivity index (χ1n) is 6.93. The lowest BCUT2D eigenvalue weighted by molar-refractivity contribution is -0.351. The maximum absolute atomic E-state index is 9.92. The first-order valence-corrected chi connectivity index (χ1v) is 6.93. The molecule has 22 heavy (non-hydrogen) atoms. The minimum atomic E-state index is -1.64. The van der Waals surface area contributed by atoms with Gasteiger partial charge >= 0.3 is 0 Å². The second-order valence-electron chi connectivity index (χ2n) is 5.51. The highest BCUT2D eigenvalue weighted by molar-refractivity contribution is 4.92. The van der Waals surface area contributed by atoms with Gasteiger partial charge in [-0.05, 0) is 6.92 Å². The number of rotatable bonds is 3. The van der Waals surface area contributed by atoms with Gasteiger partial charge in [0.1, 0.15) is 42.7 Å². The quantitative estimate of drug-likeness (QED) is 0.269. The Morgan fingerprint density at radius 2 is 1.45 bits per heavy atom. The third kappa shape index (κ3) is 3.26. The van der Waals surface area contributed by atoms with Crippen molar-refractivity contribution in [3.05, 3.63) is 0 Å². The lowest BCUT2D eigenvalue weighted by atomic mass is 9.97. The molecule has 2 heterocycles. The van der Waals surface area contributed by atoms with Crippen LogP contribution in [0.3, 0.4) is 0 Å². The predicted molar refractivity (Wildman–Crippen MR) is 67.2 cm³/mol. The molecule has 2 aliphatic heterocycles. The van der Waals surface area contributed by atoms with E-state index in [-0.39, 0.29) is 0 Å². The summed E-state index contributed by atoms with van der Waals surface area (Å²) in [6, 6.07) is 0. The molecule has 2 aliphatic rings. The molecule has 2 rings (SSSR count). The fourth-order valence-corrected chi connectivity index (χ4v) is 2.54. The van der Waals surface area contributed by atoms with E-state index in [2.05, 4.69) is 0 Å². The van der Waals surface area contributed by atoms with E-state index in [1.165, 1.54) is 6.92 Å².